The number of hydrogen-bond donors (Lipinski definition) is 1. The van der Waals surface area contributed by atoms with Gasteiger partial charge in [-0.1, -0.05) is 0 Å². The van der Waals surface area contributed by atoms with Crippen LogP contribution in [-0.2, 0) is 9.53 Å². The zero-order valence-electron chi connectivity index (χ0n) is 15.9. The highest BCUT2D eigenvalue weighted by Crippen LogP contribution is 2.20. The molecule has 1 aliphatic heterocycles. The van der Waals surface area contributed by atoms with Crippen molar-refractivity contribution in [2.24, 2.45) is 0 Å². The van der Waals surface area contributed by atoms with E-state index in [-0.39, 0.29) is 5.91 Å². The lowest BCUT2D eigenvalue weighted by atomic mass is 10.0. The number of rotatable bonds is 7. The third-order valence-electron chi connectivity index (χ3n) is 4.56. The monoisotopic (exact) mass is 379 g/mol. The molecule has 1 fully saturated rings. The number of carbonyl (C=O) groups excluding carboxylic acids is 1. The first-order valence-electron chi connectivity index (χ1n) is 9.10. The van der Waals surface area contributed by atoms with Gasteiger partial charge in [-0.3, -0.25) is 4.79 Å². The van der Waals surface area contributed by atoms with Gasteiger partial charge in [-0.15, -0.1) is 0 Å². The third kappa shape index (κ3) is 5.85. The Kier molecular flexibility index (Phi) is 8.12. The Morgan fingerprint density at radius 1 is 1.31 bits per heavy atom. The molecule has 1 heterocycles. The SMILES string of the molecule is CCOc1ccc(NC(=S)N(CCOC)C2CCN(C(C)=O)CC2)cc1. The van der Waals surface area contributed by atoms with Crippen molar-refractivity contribution in [3.63, 3.8) is 0 Å². The van der Waals surface area contributed by atoms with Crippen molar-refractivity contribution >= 4 is 28.9 Å². The lowest BCUT2D eigenvalue weighted by Gasteiger charge is -2.39. The Bertz CT molecular complexity index is 586. The molecule has 0 bridgehead atoms. The van der Waals surface area contributed by atoms with E-state index in [2.05, 4.69) is 10.2 Å². The number of piperidine rings is 1. The molecule has 0 radical (unpaired) electrons. The number of likely N-dealkylation sites (tertiary alicyclic amines) is 1. The Morgan fingerprint density at radius 3 is 2.50 bits per heavy atom. The summed E-state index contributed by atoms with van der Waals surface area (Å²) >= 11 is 5.66. The smallest absolute Gasteiger partial charge is 0.219 e. The van der Waals surface area contributed by atoms with E-state index in [4.69, 9.17) is 21.7 Å². The van der Waals surface area contributed by atoms with Gasteiger partial charge in [-0.25, -0.2) is 0 Å². The first-order chi connectivity index (χ1) is 12.5. The molecule has 1 amide bonds. The average Bonchev–Trinajstić information content (AvgIpc) is 2.64. The molecular formula is C19H29N3O3S. The fourth-order valence-electron chi connectivity index (χ4n) is 3.13. The second-order valence-electron chi connectivity index (χ2n) is 6.31. The van der Waals surface area contributed by atoms with Crippen LogP contribution in [0.5, 0.6) is 5.75 Å². The number of amides is 1. The van der Waals surface area contributed by atoms with Crippen molar-refractivity contribution in [1.82, 2.24) is 9.80 Å². The van der Waals surface area contributed by atoms with Crippen molar-refractivity contribution in [3.8, 4) is 5.75 Å². The molecule has 26 heavy (non-hydrogen) atoms. The lowest BCUT2D eigenvalue weighted by molar-refractivity contribution is -0.130. The van der Waals surface area contributed by atoms with Crippen LogP contribution in [0.3, 0.4) is 0 Å². The topological polar surface area (TPSA) is 54.0 Å². The molecule has 1 N–H and O–H groups in total. The van der Waals surface area contributed by atoms with E-state index < -0.39 is 0 Å². The predicted molar refractivity (Wildman–Crippen MR) is 108 cm³/mol. The first kappa shape index (κ1) is 20.5. The number of carbonyl (C=O) groups is 1. The maximum absolute atomic E-state index is 11.5. The number of benzene rings is 1. The number of methoxy groups -OCH3 is 1. The van der Waals surface area contributed by atoms with E-state index in [0.717, 1.165) is 43.9 Å². The summed E-state index contributed by atoms with van der Waals surface area (Å²) in [4.78, 5) is 15.6. The van der Waals surface area contributed by atoms with Crippen LogP contribution in [-0.4, -0.2) is 66.8 Å². The molecule has 0 spiro atoms. The summed E-state index contributed by atoms with van der Waals surface area (Å²) in [6.07, 6.45) is 1.82. The highest BCUT2D eigenvalue weighted by Gasteiger charge is 2.27. The second-order valence-corrected chi connectivity index (χ2v) is 6.70. The first-order valence-corrected chi connectivity index (χ1v) is 9.51. The highest BCUT2D eigenvalue weighted by atomic mass is 32.1. The van der Waals surface area contributed by atoms with E-state index in [1.807, 2.05) is 36.1 Å². The maximum atomic E-state index is 11.5. The van der Waals surface area contributed by atoms with E-state index >= 15 is 0 Å². The van der Waals surface area contributed by atoms with Crippen LogP contribution in [0.25, 0.3) is 0 Å². The predicted octanol–water partition coefficient (Wildman–Crippen LogP) is 2.74. The van der Waals surface area contributed by atoms with Crippen LogP contribution in [0.2, 0.25) is 0 Å². The standard InChI is InChI=1S/C19H29N3O3S/c1-4-25-18-7-5-16(6-8-18)20-19(26)22(13-14-24-3)17-9-11-21(12-10-17)15(2)23/h5-8,17H,4,9-14H2,1-3H3,(H,20,26). The maximum Gasteiger partial charge on any atom is 0.219 e. The Morgan fingerprint density at radius 2 is 1.96 bits per heavy atom. The van der Waals surface area contributed by atoms with Gasteiger partial charge in [0.25, 0.3) is 0 Å². The molecule has 0 atom stereocenters. The quantitative estimate of drug-likeness (QED) is 0.735. The molecule has 1 aliphatic rings. The summed E-state index contributed by atoms with van der Waals surface area (Å²) in [6, 6.07) is 8.09. The average molecular weight is 380 g/mol. The van der Waals surface area contributed by atoms with Crippen LogP contribution in [0.15, 0.2) is 24.3 Å². The normalized spacial score (nSPS) is 14.8. The van der Waals surface area contributed by atoms with Crippen molar-refractivity contribution in [3.05, 3.63) is 24.3 Å². The summed E-state index contributed by atoms with van der Waals surface area (Å²) in [5.41, 5.74) is 0.932. The van der Waals surface area contributed by atoms with Gasteiger partial charge in [0.2, 0.25) is 5.91 Å². The molecule has 7 heteroatoms. The summed E-state index contributed by atoms with van der Waals surface area (Å²) < 4.78 is 10.7. The number of ether oxygens (including phenoxy) is 2. The minimum atomic E-state index is 0.141. The van der Waals surface area contributed by atoms with Crippen molar-refractivity contribution in [2.75, 3.05) is 45.3 Å². The molecule has 6 nitrogen and oxygen atoms in total. The minimum absolute atomic E-state index is 0.141. The molecule has 144 valence electrons. The van der Waals surface area contributed by atoms with Gasteiger partial charge < -0.3 is 24.6 Å². The highest BCUT2D eigenvalue weighted by molar-refractivity contribution is 7.80. The van der Waals surface area contributed by atoms with Crippen molar-refractivity contribution in [2.45, 2.75) is 32.7 Å². The summed E-state index contributed by atoms with van der Waals surface area (Å²) in [7, 11) is 1.69. The van der Waals surface area contributed by atoms with Crippen LogP contribution >= 0.6 is 12.2 Å². The molecule has 0 saturated carbocycles. The van der Waals surface area contributed by atoms with E-state index in [1.54, 1.807) is 14.0 Å². The van der Waals surface area contributed by atoms with Gasteiger partial charge in [0.05, 0.1) is 13.2 Å². The number of anilines is 1. The summed E-state index contributed by atoms with van der Waals surface area (Å²) in [6.45, 7) is 7.12. The molecule has 1 aromatic carbocycles. The van der Waals surface area contributed by atoms with E-state index in [9.17, 15) is 4.79 Å². The van der Waals surface area contributed by atoms with Gasteiger partial charge >= 0.3 is 0 Å². The van der Waals surface area contributed by atoms with Gasteiger partial charge in [0, 0.05) is 45.4 Å². The van der Waals surface area contributed by atoms with Gasteiger partial charge in [-0.2, -0.15) is 0 Å². The van der Waals surface area contributed by atoms with E-state index in [0.29, 0.717) is 24.4 Å². The Hall–Kier alpha value is -1.86. The molecule has 0 aromatic heterocycles. The van der Waals surface area contributed by atoms with Crippen LogP contribution in [0.1, 0.15) is 26.7 Å². The van der Waals surface area contributed by atoms with Crippen molar-refractivity contribution in [1.29, 1.82) is 0 Å². The number of thiocarbonyl (C=S) groups is 1. The van der Waals surface area contributed by atoms with Crippen LogP contribution < -0.4 is 10.1 Å². The number of hydrogen-bond acceptors (Lipinski definition) is 4. The zero-order chi connectivity index (χ0) is 18.9. The van der Waals surface area contributed by atoms with E-state index in [1.165, 1.54) is 0 Å². The lowest BCUT2D eigenvalue weighted by Crippen LogP contribution is -2.50. The third-order valence-corrected chi connectivity index (χ3v) is 4.90. The summed E-state index contributed by atoms with van der Waals surface area (Å²) in [5.74, 6) is 0.985. The molecule has 2 rings (SSSR count). The van der Waals surface area contributed by atoms with Crippen LogP contribution in [0.4, 0.5) is 5.69 Å². The molecular weight excluding hydrogens is 350 g/mol. The van der Waals surface area contributed by atoms with Gasteiger partial charge in [0.15, 0.2) is 5.11 Å². The fourth-order valence-corrected chi connectivity index (χ4v) is 3.49. The molecule has 1 aromatic rings. The largest absolute Gasteiger partial charge is 0.494 e. The molecule has 0 unspecified atom stereocenters. The second kappa shape index (κ2) is 10.3. The number of nitrogens with zero attached hydrogens (tertiary/aromatic N) is 2. The Labute approximate surface area is 161 Å². The van der Waals surface area contributed by atoms with Crippen LogP contribution in [0, 0.1) is 0 Å². The van der Waals surface area contributed by atoms with Crippen molar-refractivity contribution < 1.29 is 14.3 Å². The van der Waals surface area contributed by atoms with Gasteiger partial charge in [0.1, 0.15) is 5.75 Å². The molecule has 1 saturated heterocycles. The number of nitrogens with one attached hydrogen (secondary N) is 1. The Balaban J connectivity index is 1.98. The summed E-state index contributed by atoms with van der Waals surface area (Å²) in [5, 5.41) is 4.00. The minimum Gasteiger partial charge on any atom is -0.494 e. The fraction of sp³-hybridized carbons (Fsp3) is 0.579. The van der Waals surface area contributed by atoms with Gasteiger partial charge in [-0.05, 0) is 56.2 Å². The molecule has 0 aliphatic carbocycles. The zero-order valence-corrected chi connectivity index (χ0v) is 16.7.